The lowest BCUT2D eigenvalue weighted by molar-refractivity contribution is -0.114. The highest BCUT2D eigenvalue weighted by Crippen LogP contribution is 2.40. The number of nitrogens with zero attached hydrogens (tertiary/aromatic N) is 3. The molecule has 2 aliphatic heterocycles. The van der Waals surface area contributed by atoms with Gasteiger partial charge in [0, 0.05) is 53.4 Å². The summed E-state index contributed by atoms with van der Waals surface area (Å²) in [6, 6.07) is 2.09. The quantitative estimate of drug-likeness (QED) is 0.203. The third kappa shape index (κ3) is 5.30. The molecule has 0 atom stereocenters. The molecule has 0 amide bonds. The largest absolute Gasteiger partial charge is 0.333 e. The van der Waals surface area contributed by atoms with Crippen molar-refractivity contribution in [3.05, 3.63) is 67.9 Å². The van der Waals surface area contributed by atoms with E-state index >= 15 is 0 Å². The number of hydrogen-bond acceptors (Lipinski definition) is 8. The number of hydrogen-bond donors (Lipinski definition) is 2. The van der Waals surface area contributed by atoms with Crippen LogP contribution in [-0.4, -0.2) is 38.8 Å². The van der Waals surface area contributed by atoms with Crippen LogP contribution in [0.2, 0.25) is 0 Å². The molecule has 39 heavy (non-hydrogen) atoms. The molecule has 2 saturated carbocycles. The van der Waals surface area contributed by atoms with Crippen molar-refractivity contribution in [3.63, 3.8) is 0 Å². The first-order valence-electron chi connectivity index (χ1n) is 14.1. The third-order valence-electron chi connectivity index (χ3n) is 8.09. The summed E-state index contributed by atoms with van der Waals surface area (Å²) in [5.41, 5.74) is 11.0. The lowest BCUT2D eigenvalue weighted by Gasteiger charge is -2.36. The van der Waals surface area contributed by atoms with Crippen molar-refractivity contribution in [1.29, 1.82) is 5.41 Å². The number of hydrazine groups is 1. The minimum absolute atomic E-state index is 0.0324. The van der Waals surface area contributed by atoms with Gasteiger partial charge in [0.05, 0.1) is 11.1 Å². The zero-order chi connectivity index (χ0) is 27.3. The van der Waals surface area contributed by atoms with Gasteiger partial charge in [-0.2, -0.15) is 0 Å². The zero-order valence-corrected chi connectivity index (χ0v) is 23.7. The summed E-state index contributed by atoms with van der Waals surface area (Å²) in [4.78, 5) is 32.8. The topological polar surface area (TPSA) is 89.4 Å². The second-order valence-electron chi connectivity index (χ2n) is 11.6. The van der Waals surface area contributed by atoms with Gasteiger partial charge < -0.3 is 5.32 Å². The number of anilines is 1. The highest BCUT2D eigenvalue weighted by molar-refractivity contribution is 7.15. The summed E-state index contributed by atoms with van der Waals surface area (Å²) in [5, 5.41) is 16.5. The molecule has 0 radical (unpaired) electrons. The number of Topliss-reactive ketones (excluding diaryl/α,β-unsaturated/α-hetero) is 2. The maximum atomic E-state index is 13.6. The summed E-state index contributed by atoms with van der Waals surface area (Å²) in [7, 11) is 0. The average molecular weight is 542 g/mol. The number of pyridine rings is 1. The Bertz CT molecular complexity index is 1470. The number of thiophene rings is 1. The maximum Gasteiger partial charge on any atom is 0.184 e. The summed E-state index contributed by atoms with van der Waals surface area (Å²) in [6.07, 6.45) is 10.0. The minimum Gasteiger partial charge on any atom is -0.333 e. The van der Waals surface area contributed by atoms with Crippen LogP contribution in [0.4, 0.5) is 5.69 Å². The summed E-state index contributed by atoms with van der Waals surface area (Å²) in [5.74, 6) is 1.70. The van der Waals surface area contributed by atoms with Gasteiger partial charge in [0.2, 0.25) is 0 Å². The molecular weight excluding hydrogens is 506 g/mol. The monoisotopic (exact) mass is 541 g/mol. The second-order valence-corrected chi connectivity index (χ2v) is 12.7. The highest BCUT2D eigenvalue weighted by Gasteiger charge is 2.38. The van der Waals surface area contributed by atoms with Crippen molar-refractivity contribution in [1.82, 2.24) is 15.0 Å². The van der Waals surface area contributed by atoms with E-state index in [1.54, 1.807) is 0 Å². The number of carbonyl (C=O) groups excluding carboxylic acids is 2. The second kappa shape index (κ2) is 10.4. The SMILES string of the molecule is Cc1cnc(C(C)C)cc1NC1=C=C=CN1N1CCc2sc(C(=N)C(=O)C3CC3)c(C(=O)CCC3CC3)c2C1. The van der Waals surface area contributed by atoms with Crippen LogP contribution in [0.3, 0.4) is 0 Å². The standard InChI is InChI=1S/C31H35N5O2S/c1-18(2)23-15-24(19(3)16-33-23)34-27-5-4-13-36(27)35-14-12-26-22(17-35)28(25(37)11-8-20-6-7-20)31(39-26)29(32)30(38)21-9-10-21/h13,15-16,18,20-21,32H,6-12,14,17H2,1-3H3,(H,33,34). The molecular formula is C31H35N5O2S. The van der Waals surface area contributed by atoms with Crippen molar-refractivity contribution in [2.75, 3.05) is 11.9 Å². The maximum absolute atomic E-state index is 13.6. The molecule has 0 spiro atoms. The molecule has 2 aromatic rings. The van der Waals surface area contributed by atoms with E-state index in [4.69, 9.17) is 5.41 Å². The first kappa shape index (κ1) is 26.0. The Morgan fingerprint density at radius 1 is 1.26 bits per heavy atom. The first-order valence-corrected chi connectivity index (χ1v) is 14.9. The van der Waals surface area contributed by atoms with E-state index in [2.05, 4.69) is 46.7 Å². The van der Waals surface area contributed by atoms with Crippen LogP contribution < -0.4 is 5.32 Å². The molecule has 202 valence electrons. The molecule has 8 heteroatoms. The van der Waals surface area contributed by atoms with E-state index in [9.17, 15) is 9.59 Å². The van der Waals surface area contributed by atoms with E-state index < -0.39 is 0 Å². The van der Waals surface area contributed by atoms with Gasteiger partial charge in [-0.1, -0.05) is 26.7 Å². The predicted octanol–water partition coefficient (Wildman–Crippen LogP) is 6.10. The minimum atomic E-state index is -0.101. The third-order valence-corrected chi connectivity index (χ3v) is 9.39. The molecule has 0 bridgehead atoms. The number of aryl methyl sites for hydroxylation is 1. The number of nitrogens with one attached hydrogen (secondary N) is 2. The molecule has 2 aromatic heterocycles. The van der Waals surface area contributed by atoms with Crippen LogP contribution in [-0.2, 0) is 17.8 Å². The Balaban J connectivity index is 1.26. The molecule has 0 saturated heterocycles. The molecule has 6 rings (SSSR count). The lowest BCUT2D eigenvalue weighted by Crippen LogP contribution is -2.42. The van der Waals surface area contributed by atoms with Gasteiger partial charge in [0.1, 0.15) is 5.71 Å². The molecule has 4 aliphatic rings. The van der Waals surface area contributed by atoms with Gasteiger partial charge in [0.25, 0.3) is 0 Å². The summed E-state index contributed by atoms with van der Waals surface area (Å²) in [6.45, 7) is 7.59. The Morgan fingerprint density at radius 3 is 2.77 bits per heavy atom. The van der Waals surface area contributed by atoms with Gasteiger partial charge in [-0.15, -0.1) is 11.3 Å². The van der Waals surface area contributed by atoms with Crippen LogP contribution in [0.5, 0.6) is 0 Å². The van der Waals surface area contributed by atoms with Gasteiger partial charge in [-0.3, -0.25) is 20.0 Å². The van der Waals surface area contributed by atoms with Gasteiger partial charge in [-0.25, -0.2) is 10.0 Å². The summed E-state index contributed by atoms with van der Waals surface area (Å²) >= 11 is 1.49. The van der Waals surface area contributed by atoms with Gasteiger partial charge >= 0.3 is 0 Å². The molecule has 4 heterocycles. The smallest absolute Gasteiger partial charge is 0.184 e. The van der Waals surface area contributed by atoms with Crippen molar-refractivity contribution in [3.8, 4) is 0 Å². The van der Waals surface area contributed by atoms with E-state index in [1.165, 1.54) is 24.2 Å². The highest BCUT2D eigenvalue weighted by atomic mass is 32.1. The van der Waals surface area contributed by atoms with Gasteiger partial charge in [-0.05, 0) is 73.1 Å². The normalized spacial score (nSPS) is 18.5. The van der Waals surface area contributed by atoms with Crippen LogP contribution in [0.15, 0.2) is 35.7 Å². The Labute approximate surface area is 233 Å². The molecule has 7 nitrogen and oxygen atoms in total. The molecule has 2 aliphatic carbocycles. The molecule has 0 aromatic carbocycles. The van der Waals surface area contributed by atoms with Crippen LogP contribution >= 0.6 is 11.3 Å². The van der Waals surface area contributed by atoms with E-state index in [1.807, 2.05) is 24.3 Å². The number of rotatable bonds is 11. The van der Waals surface area contributed by atoms with E-state index in [0.717, 1.165) is 65.4 Å². The lowest BCUT2D eigenvalue weighted by atomic mass is 9.95. The van der Waals surface area contributed by atoms with Crippen molar-refractivity contribution in [2.24, 2.45) is 11.8 Å². The number of ketones is 2. The Morgan fingerprint density at radius 2 is 2.05 bits per heavy atom. The van der Waals surface area contributed by atoms with Crippen molar-refractivity contribution >= 4 is 34.3 Å². The molecule has 0 unspecified atom stereocenters. The fourth-order valence-electron chi connectivity index (χ4n) is 5.27. The fraction of sp³-hybridized carbons (Fsp3) is 0.484. The number of aromatic nitrogens is 1. The Hall–Kier alpha value is -3.28. The van der Waals surface area contributed by atoms with Crippen molar-refractivity contribution < 1.29 is 9.59 Å². The van der Waals surface area contributed by atoms with Crippen molar-refractivity contribution in [2.45, 2.75) is 78.2 Å². The Kier molecular flexibility index (Phi) is 6.90. The van der Waals surface area contributed by atoms with Crippen LogP contribution in [0, 0.1) is 24.2 Å². The van der Waals surface area contributed by atoms with E-state index in [-0.39, 0.29) is 23.2 Å². The molecule has 2 N–H and O–H groups in total. The summed E-state index contributed by atoms with van der Waals surface area (Å²) < 4.78 is 0. The number of fused-ring (bicyclic) bond motifs is 1. The van der Waals surface area contributed by atoms with Crippen LogP contribution in [0.1, 0.15) is 95.2 Å². The molecule has 2 fully saturated rings. The predicted molar refractivity (Wildman–Crippen MR) is 153 cm³/mol. The van der Waals surface area contributed by atoms with E-state index in [0.29, 0.717) is 35.2 Å². The first-order chi connectivity index (χ1) is 18.8. The van der Waals surface area contributed by atoms with Gasteiger partial charge in [0.15, 0.2) is 17.4 Å². The number of carbonyl (C=O) groups is 2. The average Bonchev–Trinajstić information content (AvgIpc) is 3.86. The zero-order valence-electron chi connectivity index (χ0n) is 22.9. The van der Waals surface area contributed by atoms with Crippen LogP contribution in [0.25, 0.3) is 0 Å². The fourth-order valence-corrected chi connectivity index (χ4v) is 6.54.